The number of carbonyl (C=O) groups excluding carboxylic acids is 1. The molecule has 202 valence electrons. The summed E-state index contributed by atoms with van der Waals surface area (Å²) in [7, 11) is 0. The van der Waals surface area contributed by atoms with Crippen LogP contribution >= 0.6 is 24.0 Å². The van der Waals surface area contributed by atoms with E-state index in [2.05, 4.69) is 24.3 Å². The van der Waals surface area contributed by atoms with Gasteiger partial charge in [-0.15, -0.1) is 12.4 Å². The first-order chi connectivity index (χ1) is 17.3. The summed E-state index contributed by atoms with van der Waals surface area (Å²) in [4.78, 5) is 14.8. The van der Waals surface area contributed by atoms with E-state index in [1.165, 1.54) is 0 Å². The Hall–Kier alpha value is -2.62. The van der Waals surface area contributed by atoms with Gasteiger partial charge in [0, 0.05) is 41.6 Å². The van der Waals surface area contributed by atoms with Crippen molar-refractivity contribution in [3.63, 3.8) is 0 Å². The molecule has 0 spiro atoms. The van der Waals surface area contributed by atoms with Gasteiger partial charge < -0.3 is 20.3 Å². The lowest BCUT2D eigenvalue weighted by Gasteiger charge is -2.20. The second kappa shape index (κ2) is 15.0. The van der Waals surface area contributed by atoms with E-state index in [0.29, 0.717) is 55.1 Å². The van der Waals surface area contributed by atoms with Crippen LogP contribution in [0.5, 0.6) is 5.75 Å². The van der Waals surface area contributed by atoms with E-state index < -0.39 is 0 Å². The van der Waals surface area contributed by atoms with Gasteiger partial charge in [-0.1, -0.05) is 37.6 Å². The number of hydrogen-bond acceptors (Lipinski definition) is 6. The lowest BCUT2D eigenvalue weighted by atomic mass is 10.2. The van der Waals surface area contributed by atoms with Crippen molar-refractivity contribution >= 4 is 35.6 Å². The van der Waals surface area contributed by atoms with E-state index in [9.17, 15) is 15.0 Å². The molecule has 0 radical (unpaired) electrons. The number of nitrogens with zero attached hydrogens (tertiary/aromatic N) is 3. The highest BCUT2D eigenvalue weighted by molar-refractivity contribution is 6.30. The number of amides is 1. The Morgan fingerprint density at radius 2 is 1.78 bits per heavy atom. The van der Waals surface area contributed by atoms with Gasteiger partial charge in [0.15, 0.2) is 5.69 Å². The zero-order valence-electron chi connectivity index (χ0n) is 21.5. The van der Waals surface area contributed by atoms with E-state index in [4.69, 9.17) is 16.3 Å². The summed E-state index contributed by atoms with van der Waals surface area (Å²) >= 11 is 6.23. The third-order valence-electron chi connectivity index (χ3n) is 5.58. The number of ether oxygens (including phenoxy) is 1. The molecule has 1 heterocycles. The number of carbonyl (C=O) groups is 1. The zero-order chi connectivity index (χ0) is 26.1. The number of hydrogen-bond donors (Lipinski definition) is 3. The van der Waals surface area contributed by atoms with Gasteiger partial charge in [0.2, 0.25) is 0 Å². The number of aliphatic hydroxyl groups is 2. The predicted molar refractivity (Wildman–Crippen MR) is 149 cm³/mol. The number of aryl methyl sites for hydroxylation is 1. The molecule has 0 saturated heterocycles. The first-order valence-corrected chi connectivity index (χ1v) is 12.5. The molecule has 10 heteroatoms. The normalized spacial score (nSPS) is 11.0. The SMILES string of the molecule is Cc1cc(C(=O)Nc2ccc(CN(CCO)CCO)cc2)nn1Cc1cc(Cl)ccc1OCC(C)C.Cl. The lowest BCUT2D eigenvalue weighted by molar-refractivity contribution is 0.102. The monoisotopic (exact) mass is 550 g/mol. The van der Waals surface area contributed by atoms with Crippen LogP contribution in [0.2, 0.25) is 5.02 Å². The molecule has 3 aromatic rings. The molecule has 1 aromatic heterocycles. The minimum absolute atomic E-state index is 0. The highest BCUT2D eigenvalue weighted by atomic mass is 35.5. The zero-order valence-corrected chi connectivity index (χ0v) is 23.1. The van der Waals surface area contributed by atoms with Crippen molar-refractivity contribution in [1.29, 1.82) is 0 Å². The molecule has 0 fully saturated rings. The van der Waals surface area contributed by atoms with Crippen molar-refractivity contribution in [2.45, 2.75) is 33.9 Å². The smallest absolute Gasteiger partial charge is 0.276 e. The van der Waals surface area contributed by atoms with Gasteiger partial charge in [-0.2, -0.15) is 5.10 Å². The molecule has 0 aliphatic rings. The van der Waals surface area contributed by atoms with Crippen LogP contribution in [-0.2, 0) is 13.1 Å². The van der Waals surface area contributed by atoms with Gasteiger partial charge >= 0.3 is 0 Å². The molecule has 0 saturated carbocycles. The van der Waals surface area contributed by atoms with Gasteiger partial charge in [0.25, 0.3) is 5.91 Å². The molecule has 0 atom stereocenters. The van der Waals surface area contributed by atoms with Crippen LogP contribution in [0.15, 0.2) is 48.5 Å². The van der Waals surface area contributed by atoms with Crippen LogP contribution < -0.4 is 10.1 Å². The summed E-state index contributed by atoms with van der Waals surface area (Å²) in [6.45, 7) is 8.76. The van der Waals surface area contributed by atoms with Gasteiger partial charge in [0.1, 0.15) is 5.75 Å². The number of halogens is 2. The number of nitrogens with one attached hydrogen (secondary N) is 1. The fraction of sp³-hybridized carbons (Fsp3) is 0.407. The second-order valence-electron chi connectivity index (χ2n) is 9.16. The molecule has 8 nitrogen and oxygen atoms in total. The Labute approximate surface area is 229 Å². The average Bonchev–Trinajstić information content (AvgIpc) is 3.20. The predicted octanol–water partition coefficient (Wildman–Crippen LogP) is 4.39. The molecule has 37 heavy (non-hydrogen) atoms. The topological polar surface area (TPSA) is 99.9 Å². The van der Waals surface area contributed by atoms with Gasteiger partial charge in [-0.3, -0.25) is 14.4 Å². The summed E-state index contributed by atoms with van der Waals surface area (Å²) in [5.41, 5.74) is 3.74. The minimum atomic E-state index is -0.297. The van der Waals surface area contributed by atoms with E-state index in [1.54, 1.807) is 16.8 Å². The lowest BCUT2D eigenvalue weighted by Crippen LogP contribution is -2.29. The molecule has 0 aliphatic carbocycles. The van der Waals surface area contributed by atoms with Crippen molar-refractivity contribution in [2.75, 3.05) is 38.2 Å². The van der Waals surface area contributed by atoms with Crippen LogP contribution in [0.4, 0.5) is 5.69 Å². The van der Waals surface area contributed by atoms with Crippen molar-refractivity contribution in [3.05, 3.63) is 76.1 Å². The number of anilines is 1. The van der Waals surface area contributed by atoms with E-state index in [0.717, 1.165) is 22.6 Å². The summed E-state index contributed by atoms with van der Waals surface area (Å²) in [5, 5.41) is 26.4. The summed E-state index contributed by atoms with van der Waals surface area (Å²) in [6.07, 6.45) is 0. The average molecular weight is 552 g/mol. The molecule has 2 aromatic carbocycles. The standard InChI is InChI=1S/C27H35ClN4O4.ClH/c1-19(2)18-36-26-9-6-23(28)15-22(26)17-32-20(3)14-25(30-32)27(35)29-24-7-4-21(5-8-24)16-31(10-12-33)11-13-34;/h4-9,14-15,19,33-34H,10-13,16-18H2,1-3H3,(H,29,35);1H. The first-order valence-electron chi connectivity index (χ1n) is 12.1. The van der Waals surface area contributed by atoms with Crippen molar-refractivity contribution < 1.29 is 19.7 Å². The van der Waals surface area contributed by atoms with Crippen molar-refractivity contribution in [2.24, 2.45) is 5.92 Å². The fourth-order valence-electron chi connectivity index (χ4n) is 3.71. The number of aromatic nitrogens is 2. The molecule has 3 rings (SSSR count). The molecule has 0 bridgehead atoms. The van der Waals surface area contributed by atoms with Crippen LogP contribution in [0, 0.1) is 12.8 Å². The Bertz CT molecular complexity index is 1130. The van der Waals surface area contributed by atoms with Crippen LogP contribution in [0.25, 0.3) is 0 Å². The summed E-state index contributed by atoms with van der Waals surface area (Å²) in [5.74, 6) is 0.851. The third-order valence-corrected chi connectivity index (χ3v) is 5.81. The molecule has 0 unspecified atom stereocenters. The number of rotatable bonds is 13. The largest absolute Gasteiger partial charge is 0.493 e. The fourth-order valence-corrected chi connectivity index (χ4v) is 3.91. The summed E-state index contributed by atoms with van der Waals surface area (Å²) in [6, 6.07) is 14.8. The molecule has 1 amide bonds. The van der Waals surface area contributed by atoms with Gasteiger partial charge in [0.05, 0.1) is 26.4 Å². The highest BCUT2D eigenvalue weighted by Crippen LogP contribution is 2.25. The van der Waals surface area contributed by atoms with Crippen LogP contribution in [-0.4, -0.2) is 63.7 Å². The third kappa shape index (κ3) is 9.32. The number of aliphatic hydroxyl groups excluding tert-OH is 2. The van der Waals surface area contributed by atoms with E-state index >= 15 is 0 Å². The van der Waals surface area contributed by atoms with Crippen LogP contribution in [0.1, 0.15) is 41.2 Å². The maximum absolute atomic E-state index is 12.9. The molecular weight excluding hydrogens is 515 g/mol. The van der Waals surface area contributed by atoms with E-state index in [1.807, 2.05) is 48.2 Å². The maximum Gasteiger partial charge on any atom is 0.276 e. The Morgan fingerprint density at radius 1 is 1.11 bits per heavy atom. The quantitative estimate of drug-likeness (QED) is 0.292. The van der Waals surface area contributed by atoms with Crippen molar-refractivity contribution in [1.82, 2.24) is 14.7 Å². The molecular formula is C27H36Cl2N4O4. The van der Waals surface area contributed by atoms with Crippen molar-refractivity contribution in [3.8, 4) is 5.75 Å². The minimum Gasteiger partial charge on any atom is -0.493 e. The maximum atomic E-state index is 12.9. The Kier molecular flexibility index (Phi) is 12.4. The van der Waals surface area contributed by atoms with Crippen LogP contribution in [0.3, 0.4) is 0 Å². The first kappa shape index (κ1) is 30.6. The van der Waals surface area contributed by atoms with Gasteiger partial charge in [-0.25, -0.2) is 0 Å². The highest BCUT2D eigenvalue weighted by Gasteiger charge is 2.15. The Balaban J connectivity index is 0.00000481. The number of benzene rings is 2. The van der Waals surface area contributed by atoms with Gasteiger partial charge in [-0.05, 0) is 54.8 Å². The molecule has 0 aliphatic heterocycles. The Morgan fingerprint density at radius 3 is 2.41 bits per heavy atom. The van der Waals surface area contributed by atoms with E-state index in [-0.39, 0.29) is 31.5 Å². The molecule has 3 N–H and O–H groups in total. The summed E-state index contributed by atoms with van der Waals surface area (Å²) < 4.78 is 7.72. The second-order valence-corrected chi connectivity index (χ2v) is 9.60.